The fraction of sp³-hybridized carbons (Fsp3) is 0.500. The van der Waals surface area contributed by atoms with Gasteiger partial charge in [0.2, 0.25) is 0 Å². The third-order valence-electron chi connectivity index (χ3n) is 2.77. The molecule has 1 heterocycles. The van der Waals surface area contributed by atoms with E-state index in [9.17, 15) is 9.59 Å². The molecule has 1 aromatic heterocycles. The molecule has 6 heteroatoms. The van der Waals surface area contributed by atoms with Crippen molar-refractivity contribution in [3.05, 3.63) is 28.2 Å². The lowest BCUT2D eigenvalue weighted by atomic mass is 10.1. The maximum Gasteiger partial charge on any atom is 0.326 e. The van der Waals surface area contributed by atoms with Gasteiger partial charge in [0.1, 0.15) is 10.9 Å². The van der Waals surface area contributed by atoms with Gasteiger partial charge in [-0.05, 0) is 32.6 Å². The summed E-state index contributed by atoms with van der Waals surface area (Å²) in [6.45, 7) is 7.37. The lowest BCUT2D eigenvalue weighted by Crippen LogP contribution is -2.40. The highest BCUT2D eigenvalue weighted by Gasteiger charge is 2.22. The van der Waals surface area contributed by atoms with E-state index in [1.165, 1.54) is 11.3 Å². The molecule has 0 bridgehead atoms. The first-order chi connectivity index (χ1) is 9.49. The standard InChI is InChI=1S/C14H20N2O3S/c1-4-6-8-10(14(18)19)16-13(17)12-9(3)15-11(20-12)7-5-2/h4,10H,1,5-8H2,2-3H3,(H,16,17)(H,18,19). The summed E-state index contributed by atoms with van der Waals surface area (Å²) in [5.74, 6) is -1.39. The van der Waals surface area contributed by atoms with Gasteiger partial charge >= 0.3 is 5.97 Å². The molecule has 1 atom stereocenters. The van der Waals surface area contributed by atoms with Crippen LogP contribution in [0.1, 0.15) is 46.6 Å². The second kappa shape index (κ2) is 7.79. The molecule has 0 saturated heterocycles. The molecule has 1 unspecified atom stereocenters. The van der Waals surface area contributed by atoms with E-state index in [0.29, 0.717) is 23.4 Å². The van der Waals surface area contributed by atoms with Crippen molar-refractivity contribution in [2.45, 2.75) is 45.6 Å². The van der Waals surface area contributed by atoms with Crippen molar-refractivity contribution >= 4 is 23.2 Å². The number of aryl methyl sites for hydroxylation is 2. The lowest BCUT2D eigenvalue weighted by molar-refractivity contribution is -0.139. The van der Waals surface area contributed by atoms with Crippen LogP contribution >= 0.6 is 11.3 Å². The van der Waals surface area contributed by atoms with Crippen LogP contribution in [0.3, 0.4) is 0 Å². The first-order valence-electron chi connectivity index (χ1n) is 6.60. The van der Waals surface area contributed by atoms with Crippen molar-refractivity contribution in [1.82, 2.24) is 10.3 Å². The molecular formula is C14H20N2O3S. The van der Waals surface area contributed by atoms with Crippen molar-refractivity contribution in [2.75, 3.05) is 0 Å². The van der Waals surface area contributed by atoms with Gasteiger partial charge in [-0.15, -0.1) is 17.9 Å². The number of hydrogen-bond donors (Lipinski definition) is 2. The van der Waals surface area contributed by atoms with Crippen LogP contribution in [0.4, 0.5) is 0 Å². The van der Waals surface area contributed by atoms with E-state index in [1.807, 2.05) is 6.92 Å². The molecule has 0 fully saturated rings. The maximum absolute atomic E-state index is 12.1. The normalized spacial score (nSPS) is 11.9. The second-order valence-electron chi connectivity index (χ2n) is 4.50. The van der Waals surface area contributed by atoms with E-state index in [1.54, 1.807) is 13.0 Å². The number of carbonyl (C=O) groups excluding carboxylic acids is 1. The molecule has 5 nitrogen and oxygen atoms in total. The van der Waals surface area contributed by atoms with E-state index in [2.05, 4.69) is 16.9 Å². The van der Waals surface area contributed by atoms with E-state index >= 15 is 0 Å². The van der Waals surface area contributed by atoms with Crippen molar-refractivity contribution in [2.24, 2.45) is 0 Å². The van der Waals surface area contributed by atoms with Crippen molar-refractivity contribution < 1.29 is 14.7 Å². The van der Waals surface area contributed by atoms with Gasteiger partial charge in [-0.1, -0.05) is 13.0 Å². The van der Waals surface area contributed by atoms with Gasteiger partial charge in [-0.2, -0.15) is 0 Å². The van der Waals surface area contributed by atoms with E-state index in [4.69, 9.17) is 5.11 Å². The number of carboxylic acids is 1. The van der Waals surface area contributed by atoms with Gasteiger partial charge < -0.3 is 10.4 Å². The molecule has 0 aliphatic rings. The SMILES string of the molecule is C=CCCC(NC(=O)c1sc(CCC)nc1C)C(=O)O. The Bertz CT molecular complexity index is 497. The first-order valence-corrected chi connectivity index (χ1v) is 7.42. The number of carboxylic acid groups (broad SMARTS) is 1. The van der Waals surface area contributed by atoms with E-state index in [0.717, 1.165) is 17.8 Å². The molecule has 0 aliphatic heterocycles. The van der Waals surface area contributed by atoms with Gasteiger partial charge in [-0.3, -0.25) is 4.79 Å². The Hall–Kier alpha value is -1.69. The van der Waals surface area contributed by atoms with Crippen LogP contribution in [-0.2, 0) is 11.2 Å². The van der Waals surface area contributed by atoms with Crippen LogP contribution in [0, 0.1) is 6.92 Å². The molecule has 1 amide bonds. The number of rotatable bonds is 8. The smallest absolute Gasteiger partial charge is 0.326 e. The van der Waals surface area contributed by atoms with Crippen LogP contribution in [0.2, 0.25) is 0 Å². The van der Waals surface area contributed by atoms with Gasteiger partial charge in [-0.25, -0.2) is 9.78 Å². The third-order valence-corrected chi connectivity index (χ3v) is 3.99. The fourth-order valence-corrected chi connectivity index (χ4v) is 2.82. The molecule has 0 radical (unpaired) electrons. The van der Waals surface area contributed by atoms with Crippen LogP contribution < -0.4 is 5.32 Å². The summed E-state index contributed by atoms with van der Waals surface area (Å²) in [5.41, 5.74) is 0.656. The summed E-state index contributed by atoms with van der Waals surface area (Å²) in [7, 11) is 0. The topological polar surface area (TPSA) is 79.3 Å². The van der Waals surface area contributed by atoms with E-state index < -0.39 is 12.0 Å². The molecular weight excluding hydrogens is 276 g/mol. The maximum atomic E-state index is 12.1. The van der Waals surface area contributed by atoms with Gasteiger partial charge in [0.15, 0.2) is 0 Å². The Kier molecular flexibility index (Phi) is 6.38. The summed E-state index contributed by atoms with van der Waals surface area (Å²) in [6, 6.07) is -0.892. The zero-order chi connectivity index (χ0) is 15.1. The number of hydrogen-bond acceptors (Lipinski definition) is 4. The number of nitrogens with one attached hydrogen (secondary N) is 1. The quantitative estimate of drug-likeness (QED) is 0.723. The molecule has 2 N–H and O–H groups in total. The second-order valence-corrected chi connectivity index (χ2v) is 5.59. The number of aliphatic carboxylic acids is 1. The minimum atomic E-state index is -1.03. The number of amides is 1. The summed E-state index contributed by atoms with van der Waals surface area (Å²) in [6.07, 6.45) is 4.31. The number of nitrogens with zero attached hydrogens (tertiary/aromatic N) is 1. The zero-order valence-electron chi connectivity index (χ0n) is 11.8. The summed E-state index contributed by atoms with van der Waals surface area (Å²) < 4.78 is 0. The van der Waals surface area contributed by atoms with E-state index in [-0.39, 0.29) is 5.91 Å². The summed E-state index contributed by atoms with van der Waals surface area (Å²) >= 11 is 1.33. The molecule has 1 aromatic rings. The molecule has 1 rings (SSSR count). The number of aromatic nitrogens is 1. The Morgan fingerprint density at radius 3 is 2.80 bits per heavy atom. The Balaban J connectivity index is 2.77. The van der Waals surface area contributed by atoms with Crippen LogP contribution in [0.5, 0.6) is 0 Å². The van der Waals surface area contributed by atoms with Gasteiger partial charge in [0.25, 0.3) is 5.91 Å². The molecule has 0 spiro atoms. The van der Waals surface area contributed by atoms with Crippen molar-refractivity contribution in [3.63, 3.8) is 0 Å². The van der Waals surface area contributed by atoms with Crippen molar-refractivity contribution in [3.8, 4) is 0 Å². The summed E-state index contributed by atoms with van der Waals surface area (Å²) in [4.78, 5) is 28.1. The molecule has 0 aliphatic carbocycles. The average molecular weight is 296 g/mol. The summed E-state index contributed by atoms with van der Waals surface area (Å²) in [5, 5.41) is 12.6. The van der Waals surface area contributed by atoms with Crippen LogP contribution in [0.15, 0.2) is 12.7 Å². The van der Waals surface area contributed by atoms with Gasteiger partial charge in [0.05, 0.1) is 10.7 Å². The minimum Gasteiger partial charge on any atom is -0.480 e. The largest absolute Gasteiger partial charge is 0.480 e. The fourth-order valence-electron chi connectivity index (χ4n) is 1.75. The third kappa shape index (κ3) is 4.45. The Morgan fingerprint density at radius 1 is 1.55 bits per heavy atom. The lowest BCUT2D eigenvalue weighted by Gasteiger charge is -2.12. The Labute approximate surface area is 122 Å². The van der Waals surface area contributed by atoms with Gasteiger partial charge in [0, 0.05) is 0 Å². The molecule has 0 saturated carbocycles. The number of thiazole rings is 1. The molecule has 110 valence electrons. The van der Waals surface area contributed by atoms with Crippen molar-refractivity contribution in [1.29, 1.82) is 0 Å². The predicted molar refractivity (Wildman–Crippen MR) is 79.2 cm³/mol. The highest BCUT2D eigenvalue weighted by Crippen LogP contribution is 2.19. The predicted octanol–water partition coefficient (Wildman–Crippen LogP) is 2.55. The van der Waals surface area contributed by atoms with Crippen LogP contribution in [-0.4, -0.2) is 28.0 Å². The number of allylic oxidation sites excluding steroid dienone is 1. The average Bonchev–Trinajstić information content (AvgIpc) is 2.75. The highest BCUT2D eigenvalue weighted by molar-refractivity contribution is 7.13. The first kappa shape index (κ1) is 16.4. The molecule has 20 heavy (non-hydrogen) atoms. The molecule has 0 aromatic carbocycles. The zero-order valence-corrected chi connectivity index (χ0v) is 12.6. The Morgan fingerprint density at radius 2 is 2.25 bits per heavy atom. The highest BCUT2D eigenvalue weighted by atomic mass is 32.1. The monoisotopic (exact) mass is 296 g/mol. The van der Waals surface area contributed by atoms with Crippen LogP contribution in [0.25, 0.3) is 0 Å². The minimum absolute atomic E-state index is 0.338. The number of carbonyl (C=O) groups is 2.